The number of aliphatic carboxylic acids is 1. The maximum Gasteiger partial charge on any atom is 0.310 e. The van der Waals surface area contributed by atoms with Crippen LogP contribution in [0.15, 0.2) is 42.0 Å². The summed E-state index contributed by atoms with van der Waals surface area (Å²) in [6.45, 7) is 6.34. The predicted octanol–water partition coefficient (Wildman–Crippen LogP) is 3.88. The number of carboxylic acid groups (broad SMARTS) is 1. The molecule has 2 aliphatic carbocycles. The van der Waals surface area contributed by atoms with E-state index >= 15 is 0 Å². The number of allylic oxidation sites excluding steroid dienone is 1. The zero-order valence-corrected chi connectivity index (χ0v) is 14.0. The molecule has 0 unspecified atom stereocenters. The first-order chi connectivity index (χ1) is 10.8. The van der Waals surface area contributed by atoms with Crippen LogP contribution in [0.3, 0.4) is 0 Å². The molecular formula is C20H24O3. The van der Waals surface area contributed by atoms with E-state index in [2.05, 4.69) is 13.8 Å². The Labute approximate surface area is 137 Å². The zero-order chi connectivity index (χ0) is 16.8. The zero-order valence-electron chi connectivity index (χ0n) is 14.0. The summed E-state index contributed by atoms with van der Waals surface area (Å²) in [4.78, 5) is 24.5. The molecular weight excluding hydrogens is 288 g/mol. The van der Waals surface area contributed by atoms with Crippen LogP contribution in [0.2, 0.25) is 0 Å². The van der Waals surface area contributed by atoms with Crippen LogP contribution in [0.1, 0.15) is 39.2 Å². The van der Waals surface area contributed by atoms with Gasteiger partial charge in [0, 0.05) is 5.41 Å². The quantitative estimate of drug-likeness (QED) is 0.858. The van der Waals surface area contributed by atoms with Crippen LogP contribution in [0.4, 0.5) is 0 Å². The number of fused-ring (bicyclic) bond motifs is 2. The summed E-state index contributed by atoms with van der Waals surface area (Å²) in [5.41, 5.74) is 1.33. The summed E-state index contributed by atoms with van der Waals surface area (Å²) in [7, 11) is 0. The summed E-state index contributed by atoms with van der Waals surface area (Å²) in [5.74, 6) is -1.15. The Morgan fingerprint density at radius 2 is 1.96 bits per heavy atom. The van der Waals surface area contributed by atoms with Gasteiger partial charge in [-0.25, -0.2) is 0 Å². The average molecular weight is 312 g/mol. The lowest BCUT2D eigenvalue weighted by Gasteiger charge is -2.31. The minimum atomic E-state index is -0.861. The maximum absolute atomic E-state index is 12.9. The highest BCUT2D eigenvalue weighted by Gasteiger charge is 2.63. The van der Waals surface area contributed by atoms with Crippen molar-refractivity contribution in [1.29, 1.82) is 0 Å². The molecule has 0 heterocycles. The largest absolute Gasteiger partial charge is 0.481 e. The fourth-order valence-corrected chi connectivity index (χ4v) is 4.42. The monoisotopic (exact) mass is 312 g/mol. The molecule has 3 rings (SSSR count). The van der Waals surface area contributed by atoms with Crippen LogP contribution in [0, 0.1) is 22.7 Å². The van der Waals surface area contributed by atoms with Gasteiger partial charge in [0.05, 0.1) is 5.92 Å². The summed E-state index contributed by atoms with van der Waals surface area (Å²) in [6, 6.07) is 9.60. The number of carboxylic acids is 1. The van der Waals surface area contributed by atoms with Gasteiger partial charge in [0.1, 0.15) is 0 Å². The number of carbonyl (C=O) groups is 2. The molecule has 0 spiro atoms. The molecule has 122 valence electrons. The highest BCUT2D eigenvalue weighted by molar-refractivity contribution is 6.05. The Morgan fingerprint density at radius 1 is 1.30 bits per heavy atom. The Bertz CT molecular complexity index is 671. The van der Waals surface area contributed by atoms with E-state index < -0.39 is 11.9 Å². The molecule has 0 amide bonds. The van der Waals surface area contributed by atoms with E-state index in [1.165, 1.54) is 0 Å². The van der Waals surface area contributed by atoms with Crippen LogP contribution in [0.5, 0.6) is 0 Å². The summed E-state index contributed by atoms with van der Waals surface area (Å²) >= 11 is 0. The number of hydrogen-bond acceptors (Lipinski definition) is 2. The van der Waals surface area contributed by atoms with Crippen molar-refractivity contribution in [2.45, 2.75) is 40.0 Å². The van der Waals surface area contributed by atoms with Gasteiger partial charge in [0.15, 0.2) is 5.78 Å². The van der Waals surface area contributed by atoms with E-state index in [1.54, 1.807) is 6.08 Å². The van der Waals surface area contributed by atoms with Gasteiger partial charge in [-0.2, -0.15) is 0 Å². The van der Waals surface area contributed by atoms with Crippen molar-refractivity contribution in [2.24, 2.45) is 22.7 Å². The third-order valence-corrected chi connectivity index (χ3v) is 6.36. The summed E-state index contributed by atoms with van der Waals surface area (Å²) < 4.78 is 0. The highest BCUT2D eigenvalue weighted by Crippen LogP contribution is 2.65. The van der Waals surface area contributed by atoms with Crippen molar-refractivity contribution >= 4 is 11.8 Å². The van der Waals surface area contributed by atoms with E-state index in [-0.39, 0.29) is 22.5 Å². The molecule has 0 aromatic heterocycles. The number of carbonyl (C=O) groups excluding carboxylic acids is 1. The number of Topliss-reactive ketones (excluding diaryl/α,β-unsaturated/α-hetero) is 1. The van der Waals surface area contributed by atoms with Gasteiger partial charge in [-0.1, -0.05) is 57.2 Å². The molecule has 2 saturated carbocycles. The third kappa shape index (κ3) is 2.34. The summed E-state index contributed by atoms with van der Waals surface area (Å²) in [6.07, 6.45) is 4.07. The Morgan fingerprint density at radius 3 is 2.48 bits per heavy atom. The fraction of sp³-hybridized carbons (Fsp3) is 0.500. The second kappa shape index (κ2) is 5.33. The molecule has 2 aliphatic rings. The summed E-state index contributed by atoms with van der Waals surface area (Å²) in [5, 5.41) is 9.59. The fourth-order valence-electron chi connectivity index (χ4n) is 4.42. The van der Waals surface area contributed by atoms with Crippen molar-refractivity contribution in [2.75, 3.05) is 0 Å². The van der Waals surface area contributed by atoms with Gasteiger partial charge in [0.2, 0.25) is 0 Å². The molecule has 3 atom stereocenters. The first-order valence-electron chi connectivity index (χ1n) is 8.30. The first-order valence-corrected chi connectivity index (χ1v) is 8.30. The van der Waals surface area contributed by atoms with Crippen LogP contribution in [-0.4, -0.2) is 16.9 Å². The van der Waals surface area contributed by atoms with Gasteiger partial charge in [0.25, 0.3) is 0 Å². The smallest absolute Gasteiger partial charge is 0.310 e. The number of ketones is 1. The van der Waals surface area contributed by atoms with E-state index in [9.17, 15) is 14.7 Å². The second-order valence-electron chi connectivity index (χ2n) is 7.73. The Kier molecular flexibility index (Phi) is 3.70. The molecule has 3 nitrogen and oxygen atoms in total. The van der Waals surface area contributed by atoms with E-state index in [1.807, 2.05) is 37.3 Å². The lowest BCUT2D eigenvalue weighted by Crippen LogP contribution is -2.32. The standard InChI is InChI=1S/C20H24O3/c1-19(2)16-9-10-20(19,3)17(21)15(16)12-14(18(22)23)11-13-7-5-4-6-8-13/h4-8,12,14,16H,9-11H2,1-3H3,(H,22,23)/b15-12+/t14-,16-,20+/m1/s1. The van der Waals surface area contributed by atoms with Gasteiger partial charge in [-0.05, 0) is 41.7 Å². The molecule has 0 radical (unpaired) electrons. The van der Waals surface area contributed by atoms with Crippen LogP contribution >= 0.6 is 0 Å². The van der Waals surface area contributed by atoms with E-state index in [0.29, 0.717) is 6.42 Å². The second-order valence-corrected chi connectivity index (χ2v) is 7.73. The minimum absolute atomic E-state index is 0.0777. The van der Waals surface area contributed by atoms with Crippen molar-refractivity contribution in [1.82, 2.24) is 0 Å². The lowest BCUT2D eigenvalue weighted by atomic mass is 9.70. The topological polar surface area (TPSA) is 54.4 Å². The predicted molar refractivity (Wildman–Crippen MR) is 89.0 cm³/mol. The van der Waals surface area contributed by atoms with Crippen LogP contribution < -0.4 is 0 Å². The number of hydrogen-bond donors (Lipinski definition) is 1. The number of benzene rings is 1. The molecule has 2 fully saturated rings. The molecule has 1 aromatic rings. The molecule has 1 aromatic carbocycles. The van der Waals surface area contributed by atoms with Gasteiger partial charge >= 0.3 is 5.97 Å². The van der Waals surface area contributed by atoms with Crippen molar-refractivity contribution in [3.05, 3.63) is 47.5 Å². The van der Waals surface area contributed by atoms with Crippen molar-refractivity contribution < 1.29 is 14.7 Å². The van der Waals surface area contributed by atoms with Gasteiger partial charge in [-0.15, -0.1) is 0 Å². The van der Waals surface area contributed by atoms with E-state index in [4.69, 9.17) is 0 Å². The first kappa shape index (κ1) is 16.0. The molecule has 0 saturated heterocycles. The molecule has 23 heavy (non-hydrogen) atoms. The molecule has 0 aliphatic heterocycles. The Balaban J connectivity index is 1.93. The maximum atomic E-state index is 12.9. The van der Waals surface area contributed by atoms with Gasteiger partial charge in [-0.3, -0.25) is 9.59 Å². The van der Waals surface area contributed by atoms with E-state index in [0.717, 1.165) is 24.0 Å². The third-order valence-electron chi connectivity index (χ3n) is 6.36. The molecule has 1 N–H and O–H groups in total. The van der Waals surface area contributed by atoms with Crippen LogP contribution in [-0.2, 0) is 16.0 Å². The van der Waals surface area contributed by atoms with Gasteiger partial charge < -0.3 is 5.11 Å². The highest BCUT2D eigenvalue weighted by atomic mass is 16.4. The van der Waals surface area contributed by atoms with Crippen molar-refractivity contribution in [3.8, 4) is 0 Å². The lowest BCUT2D eigenvalue weighted by molar-refractivity contribution is -0.140. The normalized spacial score (nSPS) is 31.5. The SMILES string of the molecule is CC1(C)[C@@H]2CC[C@@]1(C)C(=O)/C2=C/[C@@H](Cc1ccccc1)C(=O)O. The molecule has 3 heteroatoms. The average Bonchev–Trinajstić information content (AvgIpc) is 2.81. The molecule has 2 bridgehead atoms. The minimum Gasteiger partial charge on any atom is -0.481 e. The van der Waals surface area contributed by atoms with Crippen molar-refractivity contribution in [3.63, 3.8) is 0 Å². The number of rotatable bonds is 4. The Hall–Kier alpha value is -1.90. The van der Waals surface area contributed by atoms with Crippen LogP contribution in [0.25, 0.3) is 0 Å².